The van der Waals surface area contributed by atoms with Crippen molar-refractivity contribution in [2.75, 3.05) is 6.61 Å². The number of hydrogen-bond acceptors (Lipinski definition) is 3. The molecule has 42 heavy (non-hydrogen) atoms. The summed E-state index contributed by atoms with van der Waals surface area (Å²) in [7, 11) is 0. The van der Waals surface area contributed by atoms with Crippen LogP contribution < -0.4 is 5.32 Å². The lowest BCUT2D eigenvalue weighted by Crippen LogP contribution is -2.45. The largest absolute Gasteiger partial charge is 0.394 e. The Morgan fingerprint density at radius 3 is 1.31 bits per heavy atom. The van der Waals surface area contributed by atoms with Gasteiger partial charge in [0.15, 0.2) is 0 Å². The minimum atomic E-state index is -0.657. The molecule has 0 aliphatic carbocycles. The third-order valence-electron chi connectivity index (χ3n) is 8.78. The van der Waals surface area contributed by atoms with E-state index in [2.05, 4.69) is 31.3 Å². The molecule has 2 atom stereocenters. The van der Waals surface area contributed by atoms with E-state index in [1.165, 1.54) is 154 Å². The van der Waals surface area contributed by atoms with Crippen molar-refractivity contribution in [2.45, 2.75) is 219 Å². The lowest BCUT2D eigenvalue weighted by Gasteiger charge is -2.22. The van der Waals surface area contributed by atoms with Gasteiger partial charge in [0, 0.05) is 6.42 Å². The normalized spacial score (nSPS) is 13.1. The summed E-state index contributed by atoms with van der Waals surface area (Å²) in [6.45, 7) is 4.34. The SMILES string of the molecule is CCCCCCC/C=C\CCCCCCCC(=O)NC(CO)C(O)CCCCCCCCCCCCCCCCCC. The van der Waals surface area contributed by atoms with Crippen LogP contribution >= 0.6 is 0 Å². The molecule has 0 aromatic carbocycles. The van der Waals surface area contributed by atoms with Crippen LogP contribution in [0.5, 0.6) is 0 Å². The summed E-state index contributed by atoms with van der Waals surface area (Å²) < 4.78 is 0. The van der Waals surface area contributed by atoms with Crippen molar-refractivity contribution < 1.29 is 15.0 Å². The highest BCUT2D eigenvalue weighted by molar-refractivity contribution is 5.76. The molecule has 0 fully saturated rings. The van der Waals surface area contributed by atoms with Gasteiger partial charge in [-0.25, -0.2) is 0 Å². The Hall–Kier alpha value is -0.870. The van der Waals surface area contributed by atoms with E-state index >= 15 is 0 Å². The maximum atomic E-state index is 12.3. The zero-order valence-corrected chi connectivity index (χ0v) is 28.5. The third-order valence-corrected chi connectivity index (χ3v) is 8.78. The second-order valence-electron chi connectivity index (χ2n) is 13.0. The van der Waals surface area contributed by atoms with Crippen LogP contribution in [0.1, 0.15) is 206 Å². The molecule has 4 heteroatoms. The second-order valence-corrected chi connectivity index (χ2v) is 13.0. The van der Waals surface area contributed by atoms with Gasteiger partial charge >= 0.3 is 0 Å². The Balaban J connectivity index is 3.55. The molecule has 0 heterocycles. The standard InChI is InChI=1S/C38H75NO3/c1-3-5-7-9-11-13-15-17-19-20-21-23-25-27-29-31-33-37(41)36(35-40)39-38(42)34-32-30-28-26-24-22-18-16-14-12-10-8-6-4-2/h16,18,36-37,40-41H,3-15,17,19-35H2,1-2H3,(H,39,42)/b18-16-. The number of nitrogens with one attached hydrogen (secondary N) is 1. The zero-order valence-electron chi connectivity index (χ0n) is 28.5. The van der Waals surface area contributed by atoms with Crippen molar-refractivity contribution in [1.29, 1.82) is 0 Å². The highest BCUT2D eigenvalue weighted by Crippen LogP contribution is 2.15. The Morgan fingerprint density at radius 1 is 0.548 bits per heavy atom. The van der Waals surface area contributed by atoms with Crippen molar-refractivity contribution in [3.8, 4) is 0 Å². The van der Waals surface area contributed by atoms with Crippen LogP contribution in [0.3, 0.4) is 0 Å². The number of hydrogen-bond donors (Lipinski definition) is 3. The smallest absolute Gasteiger partial charge is 0.220 e. The molecule has 250 valence electrons. The topological polar surface area (TPSA) is 69.6 Å². The molecule has 0 radical (unpaired) electrons. The average Bonchev–Trinajstić information content (AvgIpc) is 2.99. The van der Waals surface area contributed by atoms with Gasteiger partial charge in [-0.1, -0.05) is 174 Å². The van der Waals surface area contributed by atoms with Crippen molar-refractivity contribution in [3.63, 3.8) is 0 Å². The summed E-state index contributed by atoms with van der Waals surface area (Å²) in [6.07, 6.45) is 41.2. The number of allylic oxidation sites excluding steroid dienone is 2. The quantitative estimate of drug-likeness (QED) is 0.0513. The number of aliphatic hydroxyl groups excluding tert-OH is 2. The molecule has 0 aliphatic rings. The van der Waals surface area contributed by atoms with Crippen LogP contribution in [0, 0.1) is 0 Å². The Bertz CT molecular complexity index is 565. The van der Waals surface area contributed by atoms with Crippen molar-refractivity contribution in [1.82, 2.24) is 5.32 Å². The second kappa shape index (κ2) is 34.6. The molecule has 0 saturated carbocycles. The van der Waals surface area contributed by atoms with Crippen LogP contribution in [0.4, 0.5) is 0 Å². The van der Waals surface area contributed by atoms with E-state index in [4.69, 9.17) is 0 Å². The van der Waals surface area contributed by atoms with Gasteiger partial charge < -0.3 is 15.5 Å². The van der Waals surface area contributed by atoms with Gasteiger partial charge in [-0.3, -0.25) is 4.79 Å². The monoisotopic (exact) mass is 594 g/mol. The van der Waals surface area contributed by atoms with Gasteiger partial charge in [0.2, 0.25) is 5.91 Å². The Morgan fingerprint density at radius 2 is 0.905 bits per heavy atom. The zero-order chi connectivity index (χ0) is 30.8. The van der Waals surface area contributed by atoms with E-state index in [9.17, 15) is 15.0 Å². The van der Waals surface area contributed by atoms with E-state index in [-0.39, 0.29) is 12.5 Å². The third kappa shape index (κ3) is 30.6. The van der Waals surface area contributed by atoms with Crippen LogP contribution in [-0.2, 0) is 4.79 Å². The average molecular weight is 594 g/mol. The first-order chi connectivity index (χ1) is 20.7. The fourth-order valence-electron chi connectivity index (χ4n) is 5.82. The minimum absolute atomic E-state index is 0.0399. The number of carbonyl (C=O) groups is 1. The number of unbranched alkanes of at least 4 members (excludes halogenated alkanes) is 25. The molecule has 0 bridgehead atoms. The summed E-state index contributed by atoms with van der Waals surface area (Å²) in [5.41, 5.74) is 0. The summed E-state index contributed by atoms with van der Waals surface area (Å²) in [4.78, 5) is 12.3. The summed E-state index contributed by atoms with van der Waals surface area (Å²) in [6, 6.07) is -0.535. The van der Waals surface area contributed by atoms with Crippen LogP contribution in [-0.4, -0.2) is 34.9 Å². The number of aliphatic hydroxyl groups is 2. The molecular formula is C38H75NO3. The van der Waals surface area contributed by atoms with Gasteiger partial charge in [-0.05, 0) is 38.5 Å². The molecule has 0 aromatic rings. The highest BCUT2D eigenvalue weighted by Gasteiger charge is 2.19. The molecule has 0 aliphatic heterocycles. The lowest BCUT2D eigenvalue weighted by atomic mass is 10.0. The molecule has 2 unspecified atom stereocenters. The minimum Gasteiger partial charge on any atom is -0.394 e. The predicted molar refractivity (Wildman–Crippen MR) is 184 cm³/mol. The van der Waals surface area contributed by atoms with E-state index < -0.39 is 12.1 Å². The van der Waals surface area contributed by atoms with E-state index in [1.807, 2.05) is 0 Å². The number of amides is 1. The first kappa shape index (κ1) is 41.1. The first-order valence-electron chi connectivity index (χ1n) is 18.9. The van der Waals surface area contributed by atoms with Crippen molar-refractivity contribution in [3.05, 3.63) is 12.2 Å². The summed E-state index contributed by atoms with van der Waals surface area (Å²) in [5, 5.41) is 23.1. The summed E-state index contributed by atoms with van der Waals surface area (Å²) >= 11 is 0. The molecule has 1 amide bonds. The summed E-state index contributed by atoms with van der Waals surface area (Å²) in [5.74, 6) is -0.0399. The van der Waals surface area contributed by atoms with Gasteiger partial charge in [0.25, 0.3) is 0 Å². The molecular weight excluding hydrogens is 518 g/mol. The van der Waals surface area contributed by atoms with E-state index in [1.54, 1.807) is 0 Å². The maximum Gasteiger partial charge on any atom is 0.220 e. The van der Waals surface area contributed by atoms with Crippen LogP contribution in [0.25, 0.3) is 0 Å². The predicted octanol–water partition coefficient (Wildman–Crippen LogP) is 11.1. The highest BCUT2D eigenvalue weighted by atomic mass is 16.3. The molecule has 0 aromatic heterocycles. The van der Waals surface area contributed by atoms with Crippen molar-refractivity contribution >= 4 is 5.91 Å². The maximum absolute atomic E-state index is 12.3. The molecule has 0 spiro atoms. The Kier molecular flexibility index (Phi) is 33.9. The molecule has 0 rings (SSSR count). The fourth-order valence-corrected chi connectivity index (χ4v) is 5.82. The van der Waals surface area contributed by atoms with Crippen molar-refractivity contribution in [2.24, 2.45) is 0 Å². The van der Waals surface area contributed by atoms with Gasteiger partial charge in [0.05, 0.1) is 18.8 Å². The Labute approximate surface area is 263 Å². The van der Waals surface area contributed by atoms with Crippen LogP contribution in [0.2, 0.25) is 0 Å². The molecule has 0 saturated heterocycles. The van der Waals surface area contributed by atoms with E-state index in [0.29, 0.717) is 12.8 Å². The lowest BCUT2D eigenvalue weighted by molar-refractivity contribution is -0.123. The fraction of sp³-hybridized carbons (Fsp3) is 0.921. The number of rotatable bonds is 34. The van der Waals surface area contributed by atoms with Gasteiger partial charge in [-0.15, -0.1) is 0 Å². The first-order valence-corrected chi connectivity index (χ1v) is 18.9. The van der Waals surface area contributed by atoms with Crippen LogP contribution in [0.15, 0.2) is 12.2 Å². The number of carbonyl (C=O) groups excluding carboxylic acids is 1. The van der Waals surface area contributed by atoms with Gasteiger partial charge in [-0.2, -0.15) is 0 Å². The molecule has 4 nitrogen and oxygen atoms in total. The molecule has 3 N–H and O–H groups in total. The van der Waals surface area contributed by atoms with E-state index in [0.717, 1.165) is 25.7 Å². The van der Waals surface area contributed by atoms with Gasteiger partial charge in [0.1, 0.15) is 0 Å².